The van der Waals surface area contributed by atoms with Crippen molar-refractivity contribution in [1.82, 2.24) is 0 Å². The lowest BCUT2D eigenvalue weighted by atomic mass is 9.45. The highest BCUT2D eigenvalue weighted by Gasteiger charge is 2.62. The van der Waals surface area contributed by atoms with Crippen molar-refractivity contribution in [3.8, 4) is 0 Å². The number of rotatable bonds is 4. The van der Waals surface area contributed by atoms with Gasteiger partial charge in [0.05, 0.1) is 6.10 Å². The summed E-state index contributed by atoms with van der Waals surface area (Å²) in [6.45, 7) is 17.0. The number of aliphatic hydroxyl groups excluding tert-OH is 1. The Labute approximate surface area is 186 Å². The molecule has 0 aromatic heterocycles. The molecule has 0 bridgehead atoms. The number of fused-ring (bicyclic) bond motifs is 5. The molecule has 1 nitrogen and oxygen atoms in total. The fourth-order valence-corrected chi connectivity index (χ4v) is 8.92. The summed E-state index contributed by atoms with van der Waals surface area (Å²) in [5.74, 6) is 3.96. The first kappa shape index (κ1) is 22.6. The zero-order chi connectivity index (χ0) is 21.9. The van der Waals surface area contributed by atoms with Crippen molar-refractivity contribution < 1.29 is 5.11 Å². The van der Waals surface area contributed by atoms with E-state index in [0.29, 0.717) is 16.7 Å². The predicted octanol–water partition coefficient (Wildman–Crippen LogP) is 7.94. The van der Waals surface area contributed by atoms with Crippen LogP contribution in [0.1, 0.15) is 106 Å². The molecule has 0 aromatic carbocycles. The molecule has 30 heavy (non-hydrogen) atoms. The monoisotopic (exact) mass is 412 g/mol. The molecule has 4 aliphatic carbocycles. The van der Waals surface area contributed by atoms with Crippen LogP contribution >= 0.6 is 0 Å². The van der Waals surface area contributed by atoms with Crippen LogP contribution in [0.5, 0.6) is 0 Å². The Hall–Kier alpha value is -0.560. The van der Waals surface area contributed by atoms with Crippen molar-refractivity contribution in [2.75, 3.05) is 0 Å². The molecule has 0 amide bonds. The molecular formula is C29H48O. The number of hydrogen-bond donors (Lipinski definition) is 1. The third kappa shape index (κ3) is 3.28. The molecule has 3 fully saturated rings. The van der Waals surface area contributed by atoms with Crippen molar-refractivity contribution in [3.63, 3.8) is 0 Å². The second-order valence-electron chi connectivity index (χ2n) is 13.0. The van der Waals surface area contributed by atoms with E-state index in [1.807, 2.05) is 5.57 Å². The van der Waals surface area contributed by atoms with E-state index < -0.39 is 0 Å². The summed E-state index contributed by atoms with van der Waals surface area (Å²) in [6.07, 6.45) is 16.7. The topological polar surface area (TPSA) is 20.2 Å². The van der Waals surface area contributed by atoms with Crippen LogP contribution in [0.3, 0.4) is 0 Å². The third-order valence-corrected chi connectivity index (χ3v) is 11.1. The summed E-state index contributed by atoms with van der Waals surface area (Å²) < 4.78 is 0. The number of hydrogen-bond acceptors (Lipinski definition) is 1. The van der Waals surface area contributed by atoms with E-state index in [1.54, 1.807) is 0 Å². The molecule has 4 rings (SSSR count). The van der Waals surface area contributed by atoms with Gasteiger partial charge in [-0.25, -0.2) is 0 Å². The van der Waals surface area contributed by atoms with Gasteiger partial charge in [0.1, 0.15) is 0 Å². The molecule has 0 radical (unpaired) electrons. The molecule has 0 unspecified atom stereocenters. The highest BCUT2D eigenvalue weighted by atomic mass is 16.3. The fraction of sp³-hybridized carbons (Fsp3) is 0.862. The van der Waals surface area contributed by atoms with Crippen molar-refractivity contribution >= 4 is 0 Å². The maximum absolute atomic E-state index is 10.7. The first-order chi connectivity index (χ1) is 14.0. The van der Waals surface area contributed by atoms with Crippen LogP contribution < -0.4 is 0 Å². The standard InChI is InChI=1S/C29H48O/c1-19(2)9-8-10-20(3)23-16-18-29(7)25-13-12-24-21(11-14-26(30)27(24,4)5)22(25)15-17-28(23,29)6/h9,13,20-24,26,30H,8,10-12,14-18H2,1-7H3/t20-,21-,22+,23-,24-,26+,28+,29-/m1/s1. The van der Waals surface area contributed by atoms with Crippen LogP contribution in [-0.2, 0) is 0 Å². The predicted molar refractivity (Wildman–Crippen MR) is 128 cm³/mol. The molecule has 0 heterocycles. The quantitative estimate of drug-likeness (QED) is 0.464. The van der Waals surface area contributed by atoms with Crippen LogP contribution in [0.15, 0.2) is 23.3 Å². The lowest BCUT2D eigenvalue weighted by Gasteiger charge is -2.60. The zero-order valence-electron chi connectivity index (χ0n) is 20.9. The van der Waals surface area contributed by atoms with Gasteiger partial charge >= 0.3 is 0 Å². The summed E-state index contributed by atoms with van der Waals surface area (Å²) in [5.41, 5.74) is 4.26. The first-order valence-corrected chi connectivity index (χ1v) is 13.0. The fourth-order valence-electron chi connectivity index (χ4n) is 8.92. The van der Waals surface area contributed by atoms with Crippen LogP contribution in [-0.4, -0.2) is 11.2 Å². The lowest BCUT2D eigenvalue weighted by molar-refractivity contribution is -0.0870. The van der Waals surface area contributed by atoms with Crippen LogP contribution in [0.4, 0.5) is 0 Å². The second-order valence-corrected chi connectivity index (χ2v) is 13.0. The Bertz CT molecular complexity index is 710. The van der Waals surface area contributed by atoms with Crippen LogP contribution in [0.25, 0.3) is 0 Å². The summed E-state index contributed by atoms with van der Waals surface area (Å²) >= 11 is 0. The molecule has 8 atom stereocenters. The minimum Gasteiger partial charge on any atom is -0.393 e. The molecule has 0 aliphatic heterocycles. The Morgan fingerprint density at radius 2 is 1.83 bits per heavy atom. The number of aliphatic hydroxyl groups is 1. The van der Waals surface area contributed by atoms with E-state index in [9.17, 15) is 5.11 Å². The Kier molecular flexibility index (Phi) is 5.87. The smallest absolute Gasteiger partial charge is 0.0594 e. The van der Waals surface area contributed by atoms with Gasteiger partial charge in [0, 0.05) is 0 Å². The first-order valence-electron chi connectivity index (χ1n) is 13.0. The van der Waals surface area contributed by atoms with Gasteiger partial charge in [-0.05, 0) is 117 Å². The van der Waals surface area contributed by atoms with Gasteiger partial charge in [-0.2, -0.15) is 0 Å². The van der Waals surface area contributed by atoms with Gasteiger partial charge < -0.3 is 5.11 Å². The number of allylic oxidation sites excluding steroid dienone is 4. The molecule has 0 aromatic rings. The normalized spacial score (nSPS) is 45.6. The zero-order valence-corrected chi connectivity index (χ0v) is 20.9. The van der Waals surface area contributed by atoms with Crippen molar-refractivity contribution in [2.24, 2.45) is 45.8 Å². The van der Waals surface area contributed by atoms with E-state index in [-0.39, 0.29) is 11.5 Å². The van der Waals surface area contributed by atoms with Gasteiger partial charge in [-0.15, -0.1) is 0 Å². The summed E-state index contributed by atoms with van der Waals surface area (Å²) in [6, 6.07) is 0. The second kappa shape index (κ2) is 7.79. The minimum absolute atomic E-state index is 0.0737. The van der Waals surface area contributed by atoms with E-state index >= 15 is 0 Å². The molecule has 0 saturated heterocycles. The average Bonchev–Trinajstić information content (AvgIpc) is 2.96. The molecule has 1 N–H and O–H groups in total. The summed E-state index contributed by atoms with van der Waals surface area (Å²) in [7, 11) is 0. The Morgan fingerprint density at radius 1 is 1.10 bits per heavy atom. The van der Waals surface area contributed by atoms with E-state index in [1.165, 1.54) is 56.9 Å². The summed E-state index contributed by atoms with van der Waals surface area (Å²) in [4.78, 5) is 0. The molecule has 0 spiro atoms. The Balaban J connectivity index is 1.58. The maximum Gasteiger partial charge on any atom is 0.0594 e. The van der Waals surface area contributed by atoms with Gasteiger partial charge in [0.25, 0.3) is 0 Å². The SMILES string of the molecule is CC(C)=CCC[C@@H](C)[C@H]1CC[C@]2(C)C3=CC[C@@H]4[C@H](CC[C@H](O)C4(C)C)[C@@H]3CC[C@@]12C. The van der Waals surface area contributed by atoms with E-state index in [2.05, 4.69) is 60.6 Å². The molecule has 4 aliphatic rings. The Morgan fingerprint density at radius 3 is 2.53 bits per heavy atom. The van der Waals surface area contributed by atoms with E-state index in [4.69, 9.17) is 0 Å². The largest absolute Gasteiger partial charge is 0.393 e. The lowest BCUT2D eigenvalue weighted by Crippen LogP contribution is -2.53. The van der Waals surface area contributed by atoms with Gasteiger partial charge in [-0.1, -0.05) is 57.9 Å². The van der Waals surface area contributed by atoms with Crippen molar-refractivity contribution in [1.29, 1.82) is 0 Å². The highest BCUT2D eigenvalue weighted by molar-refractivity contribution is 5.31. The van der Waals surface area contributed by atoms with Crippen molar-refractivity contribution in [3.05, 3.63) is 23.3 Å². The molecule has 170 valence electrons. The average molecular weight is 413 g/mol. The van der Waals surface area contributed by atoms with Crippen LogP contribution in [0.2, 0.25) is 0 Å². The maximum atomic E-state index is 10.7. The minimum atomic E-state index is -0.115. The van der Waals surface area contributed by atoms with Gasteiger partial charge in [0.15, 0.2) is 0 Å². The van der Waals surface area contributed by atoms with Gasteiger partial charge in [-0.3, -0.25) is 0 Å². The molecular weight excluding hydrogens is 364 g/mol. The molecule has 3 saturated carbocycles. The van der Waals surface area contributed by atoms with Crippen LogP contribution in [0, 0.1) is 45.8 Å². The van der Waals surface area contributed by atoms with Crippen molar-refractivity contribution in [2.45, 2.75) is 112 Å². The third-order valence-electron chi connectivity index (χ3n) is 11.1. The highest BCUT2D eigenvalue weighted by Crippen LogP contribution is 2.71. The van der Waals surface area contributed by atoms with E-state index in [0.717, 1.165) is 30.1 Å². The summed E-state index contributed by atoms with van der Waals surface area (Å²) in [5, 5.41) is 10.7. The molecule has 1 heteroatoms. The van der Waals surface area contributed by atoms with Gasteiger partial charge in [0.2, 0.25) is 0 Å².